The van der Waals surface area contributed by atoms with E-state index in [2.05, 4.69) is 40.9 Å². The smallest absolute Gasteiger partial charge is 0.105 e. The van der Waals surface area contributed by atoms with Gasteiger partial charge in [-0.05, 0) is 0 Å². The van der Waals surface area contributed by atoms with Gasteiger partial charge < -0.3 is 0 Å². The lowest BCUT2D eigenvalue weighted by Crippen LogP contribution is -2.24. The van der Waals surface area contributed by atoms with Crippen molar-refractivity contribution in [3.8, 4) is 0 Å². The molecule has 0 unspecified atom stereocenters. The van der Waals surface area contributed by atoms with E-state index in [1.807, 2.05) is 0 Å². The van der Waals surface area contributed by atoms with Crippen molar-refractivity contribution in [1.82, 2.24) is 0 Å². The maximum absolute atomic E-state index is 4.38. The van der Waals surface area contributed by atoms with Gasteiger partial charge in [0.2, 0.25) is 0 Å². The van der Waals surface area contributed by atoms with Gasteiger partial charge in [-0.25, -0.2) is 0 Å². The summed E-state index contributed by atoms with van der Waals surface area (Å²) in [6.45, 7) is 19.2. The zero-order valence-corrected chi connectivity index (χ0v) is 13.2. The second kappa shape index (κ2) is 10.5. The average Bonchev–Trinajstić information content (AvgIpc) is 2.36. The molecule has 0 spiro atoms. The van der Waals surface area contributed by atoms with E-state index < -0.39 is 0 Å². The highest BCUT2D eigenvalue weighted by Gasteiger charge is 2.23. The van der Waals surface area contributed by atoms with Gasteiger partial charge in [-0.3, -0.25) is 0 Å². The Labute approximate surface area is 116 Å². The van der Waals surface area contributed by atoms with E-state index in [9.17, 15) is 0 Å². The van der Waals surface area contributed by atoms with Gasteiger partial charge in [0.25, 0.3) is 0 Å². The van der Waals surface area contributed by atoms with E-state index in [1.165, 1.54) is 61.9 Å². The van der Waals surface area contributed by atoms with Crippen LogP contribution in [0.3, 0.4) is 0 Å². The number of hydrogen-bond donors (Lipinski definition) is 0. The van der Waals surface area contributed by atoms with Gasteiger partial charge in [-0.15, -0.1) is 13.2 Å². The normalized spacial score (nSPS) is 10.2. The van der Waals surface area contributed by atoms with Crippen LogP contribution in [-0.4, -0.2) is 13.4 Å². The summed E-state index contributed by atoms with van der Waals surface area (Å²) >= 11 is 0. The van der Waals surface area contributed by atoms with Crippen molar-refractivity contribution in [1.29, 1.82) is 0 Å². The molecule has 0 aromatic heterocycles. The SMILES string of the molecule is C=C(B(CCC)CCC)C(=C)B(CCC)CCC. The monoisotopic (exact) mass is 246 g/mol. The molecule has 0 N–H and O–H groups in total. The Morgan fingerprint density at radius 1 is 0.611 bits per heavy atom. The molecule has 0 rings (SSSR count). The summed E-state index contributed by atoms with van der Waals surface area (Å²) in [7, 11) is 0. The van der Waals surface area contributed by atoms with Crippen molar-refractivity contribution in [2.75, 3.05) is 0 Å². The predicted octanol–water partition coefficient (Wildman–Crippen LogP) is 5.81. The molecule has 0 fully saturated rings. The summed E-state index contributed by atoms with van der Waals surface area (Å²) in [5, 5.41) is 0. The molecule has 0 aliphatic heterocycles. The van der Waals surface area contributed by atoms with Gasteiger partial charge in [0.15, 0.2) is 13.4 Å². The van der Waals surface area contributed by atoms with Crippen LogP contribution < -0.4 is 0 Å². The highest BCUT2D eigenvalue weighted by Crippen LogP contribution is 2.25. The van der Waals surface area contributed by atoms with Crippen LogP contribution in [0.4, 0.5) is 0 Å². The van der Waals surface area contributed by atoms with E-state index in [4.69, 9.17) is 0 Å². The lowest BCUT2D eigenvalue weighted by Gasteiger charge is -2.22. The van der Waals surface area contributed by atoms with Gasteiger partial charge in [0, 0.05) is 0 Å². The highest BCUT2D eigenvalue weighted by molar-refractivity contribution is 6.76. The molecule has 0 atom stereocenters. The van der Waals surface area contributed by atoms with Crippen LogP contribution >= 0.6 is 0 Å². The zero-order valence-electron chi connectivity index (χ0n) is 13.2. The number of hydrogen-bond acceptors (Lipinski definition) is 0. The molecule has 0 bridgehead atoms. The second-order valence-corrected chi connectivity index (χ2v) is 5.60. The molecule has 2 heteroatoms. The first kappa shape index (κ1) is 17.6. The maximum atomic E-state index is 4.38. The van der Waals surface area contributed by atoms with Crippen molar-refractivity contribution in [3.63, 3.8) is 0 Å². The summed E-state index contributed by atoms with van der Waals surface area (Å²) in [5.41, 5.74) is 2.70. The molecular formula is C16H32B2. The van der Waals surface area contributed by atoms with Crippen LogP contribution in [0.1, 0.15) is 53.4 Å². The highest BCUT2D eigenvalue weighted by atomic mass is 14.0. The third-order valence-electron chi connectivity index (χ3n) is 3.95. The molecular weight excluding hydrogens is 214 g/mol. The Morgan fingerprint density at radius 3 is 1.00 bits per heavy atom. The van der Waals surface area contributed by atoms with Crippen LogP contribution in [0.25, 0.3) is 0 Å². The first-order valence-electron chi connectivity index (χ1n) is 8.00. The van der Waals surface area contributed by atoms with Crippen LogP contribution in [0.2, 0.25) is 25.3 Å². The molecule has 0 saturated heterocycles. The molecule has 0 aromatic rings. The Hall–Kier alpha value is -0.390. The Balaban J connectivity index is 4.63. The third kappa shape index (κ3) is 5.98. The Bertz CT molecular complexity index is 207. The fourth-order valence-corrected chi connectivity index (χ4v) is 2.90. The van der Waals surface area contributed by atoms with E-state index in [0.29, 0.717) is 13.4 Å². The quantitative estimate of drug-likeness (QED) is 0.319. The van der Waals surface area contributed by atoms with Crippen molar-refractivity contribution < 1.29 is 0 Å². The van der Waals surface area contributed by atoms with Crippen molar-refractivity contribution >= 4 is 13.4 Å². The van der Waals surface area contributed by atoms with Crippen molar-refractivity contribution in [2.24, 2.45) is 0 Å². The Morgan fingerprint density at radius 2 is 0.833 bits per heavy atom. The first-order chi connectivity index (χ1) is 8.62. The minimum Gasteiger partial charge on any atom is -0.105 e. The van der Waals surface area contributed by atoms with Crippen LogP contribution in [0.15, 0.2) is 24.1 Å². The fraction of sp³-hybridized carbons (Fsp3) is 0.750. The summed E-state index contributed by atoms with van der Waals surface area (Å²) in [6.07, 6.45) is 10.1. The molecule has 0 radical (unpaired) electrons. The molecule has 0 saturated carbocycles. The van der Waals surface area contributed by atoms with E-state index in [1.54, 1.807) is 0 Å². The van der Waals surface area contributed by atoms with E-state index in [-0.39, 0.29) is 0 Å². The van der Waals surface area contributed by atoms with Gasteiger partial charge in [-0.2, -0.15) is 0 Å². The van der Waals surface area contributed by atoms with E-state index in [0.717, 1.165) is 0 Å². The minimum absolute atomic E-state index is 0.670. The van der Waals surface area contributed by atoms with Gasteiger partial charge >= 0.3 is 0 Å². The first-order valence-corrected chi connectivity index (χ1v) is 8.00. The summed E-state index contributed by atoms with van der Waals surface area (Å²) < 4.78 is 0. The van der Waals surface area contributed by atoms with Gasteiger partial charge in [0.1, 0.15) is 0 Å². The number of allylic oxidation sites excluding steroid dienone is 2. The van der Waals surface area contributed by atoms with Crippen LogP contribution in [0, 0.1) is 0 Å². The number of rotatable bonds is 11. The van der Waals surface area contributed by atoms with E-state index >= 15 is 0 Å². The molecule has 0 nitrogen and oxygen atoms in total. The largest absolute Gasteiger partial charge is 0.174 e. The summed E-state index contributed by atoms with van der Waals surface area (Å²) in [5.74, 6) is 0. The summed E-state index contributed by atoms with van der Waals surface area (Å²) in [4.78, 5) is 0. The molecule has 0 aliphatic carbocycles. The van der Waals surface area contributed by atoms with Crippen molar-refractivity contribution in [2.45, 2.75) is 78.7 Å². The molecule has 0 amide bonds. The van der Waals surface area contributed by atoms with Crippen molar-refractivity contribution in [3.05, 3.63) is 24.1 Å². The summed E-state index contributed by atoms with van der Waals surface area (Å²) in [6, 6.07) is 0. The standard InChI is InChI=1S/C16H32B2/c1-7-11-17(12-8-2)15(5)16(6)18(13-9-3)14-10-4/h5-14H2,1-4H3. The third-order valence-corrected chi connectivity index (χ3v) is 3.95. The molecule has 0 aliphatic rings. The molecule has 18 heavy (non-hydrogen) atoms. The van der Waals surface area contributed by atoms with Gasteiger partial charge in [-0.1, -0.05) is 89.6 Å². The minimum atomic E-state index is 0.670. The molecule has 0 aromatic carbocycles. The molecule has 102 valence electrons. The second-order valence-electron chi connectivity index (χ2n) is 5.60. The average molecular weight is 246 g/mol. The molecule has 0 heterocycles. The lowest BCUT2D eigenvalue weighted by molar-refractivity contribution is 1.00. The Kier molecular flexibility index (Phi) is 10.3. The van der Waals surface area contributed by atoms with Crippen LogP contribution in [0.5, 0.6) is 0 Å². The zero-order chi connectivity index (χ0) is 14.0. The maximum Gasteiger partial charge on any atom is 0.174 e. The predicted molar refractivity (Wildman–Crippen MR) is 90.2 cm³/mol. The van der Waals surface area contributed by atoms with Crippen LogP contribution in [-0.2, 0) is 0 Å². The van der Waals surface area contributed by atoms with Gasteiger partial charge in [0.05, 0.1) is 0 Å². The fourth-order valence-electron chi connectivity index (χ4n) is 2.90. The topological polar surface area (TPSA) is 0 Å². The lowest BCUT2D eigenvalue weighted by atomic mass is 9.29.